The average Bonchev–Trinajstić information content (AvgIpc) is 2.20. The second kappa shape index (κ2) is 5.46. The molecule has 0 bridgehead atoms. The molecule has 1 aromatic rings. The molecule has 1 aromatic carbocycles. The zero-order chi connectivity index (χ0) is 11.3. The van der Waals surface area contributed by atoms with Gasteiger partial charge in [0, 0.05) is 5.02 Å². The molecule has 0 heterocycles. The minimum absolute atomic E-state index is 0.335. The molecular weight excluding hydrogens is 216 g/mol. The summed E-state index contributed by atoms with van der Waals surface area (Å²) in [5.74, 6) is 0. The first-order chi connectivity index (χ1) is 7.13. The third-order valence-corrected chi connectivity index (χ3v) is 2.16. The van der Waals surface area contributed by atoms with Crippen LogP contribution >= 0.6 is 11.6 Å². The lowest BCUT2D eigenvalue weighted by molar-refractivity contribution is 0.154. The van der Waals surface area contributed by atoms with Crippen molar-refractivity contribution in [2.24, 2.45) is 0 Å². The molecule has 5 heteroatoms. The Morgan fingerprint density at radius 1 is 1.53 bits per heavy atom. The van der Waals surface area contributed by atoms with Gasteiger partial charge in [-0.1, -0.05) is 17.7 Å². The lowest BCUT2D eigenvalue weighted by Crippen LogP contribution is -2.29. The number of hydrogen-bond acceptors (Lipinski definition) is 3. The van der Waals surface area contributed by atoms with E-state index in [1.54, 1.807) is 13.0 Å². The zero-order valence-corrected chi connectivity index (χ0v) is 9.39. The zero-order valence-electron chi connectivity index (χ0n) is 8.63. The third-order valence-electron chi connectivity index (χ3n) is 1.76. The maximum absolute atomic E-state index is 10.9. The van der Waals surface area contributed by atoms with Gasteiger partial charge in [0.2, 0.25) is 0 Å². The fourth-order valence-electron chi connectivity index (χ4n) is 0.961. The first-order valence-corrected chi connectivity index (χ1v) is 4.96. The van der Waals surface area contributed by atoms with Crippen molar-refractivity contribution in [1.82, 2.24) is 5.43 Å². The summed E-state index contributed by atoms with van der Waals surface area (Å²) in [6.07, 6.45) is -0.519. The van der Waals surface area contributed by atoms with Crippen LogP contribution in [0.25, 0.3) is 0 Å². The molecule has 4 nitrogen and oxygen atoms in total. The number of hydrazine groups is 1. The van der Waals surface area contributed by atoms with E-state index in [1.807, 2.05) is 19.1 Å². The topological polar surface area (TPSA) is 50.4 Å². The van der Waals surface area contributed by atoms with Crippen molar-refractivity contribution in [2.75, 3.05) is 12.0 Å². The number of amides is 1. The first-order valence-electron chi connectivity index (χ1n) is 4.58. The van der Waals surface area contributed by atoms with Gasteiger partial charge in [-0.25, -0.2) is 10.2 Å². The van der Waals surface area contributed by atoms with Gasteiger partial charge in [-0.15, -0.1) is 0 Å². The summed E-state index contributed by atoms with van der Waals surface area (Å²) < 4.78 is 4.67. The summed E-state index contributed by atoms with van der Waals surface area (Å²) in [5.41, 5.74) is 6.76. The molecule has 0 aromatic heterocycles. The van der Waals surface area contributed by atoms with Crippen molar-refractivity contribution in [3.05, 3.63) is 28.8 Å². The van der Waals surface area contributed by atoms with Crippen molar-refractivity contribution >= 4 is 23.4 Å². The van der Waals surface area contributed by atoms with Crippen LogP contribution in [0.4, 0.5) is 10.5 Å². The van der Waals surface area contributed by atoms with Gasteiger partial charge in [-0.05, 0) is 31.5 Å². The molecule has 0 aliphatic carbocycles. The number of halogens is 1. The maximum atomic E-state index is 10.9. The molecule has 0 saturated heterocycles. The summed E-state index contributed by atoms with van der Waals surface area (Å²) in [4.78, 5) is 10.9. The predicted molar refractivity (Wildman–Crippen MR) is 60.0 cm³/mol. The number of benzene rings is 1. The van der Waals surface area contributed by atoms with Gasteiger partial charge in [-0.2, -0.15) is 0 Å². The van der Waals surface area contributed by atoms with E-state index in [0.717, 1.165) is 5.56 Å². The number of ether oxygens (including phenoxy) is 1. The smallest absolute Gasteiger partial charge is 0.425 e. The van der Waals surface area contributed by atoms with E-state index in [2.05, 4.69) is 15.6 Å². The molecular formula is C10H13ClN2O2. The largest absolute Gasteiger partial charge is 0.449 e. The lowest BCUT2D eigenvalue weighted by atomic mass is 10.2. The van der Waals surface area contributed by atoms with Gasteiger partial charge in [0.1, 0.15) is 0 Å². The summed E-state index contributed by atoms with van der Waals surface area (Å²) in [7, 11) is 0. The molecule has 2 N–H and O–H groups in total. The molecule has 15 heavy (non-hydrogen) atoms. The SMILES string of the molecule is CCOC(=O)NNc1ccc(C)c(Cl)c1. The van der Waals surface area contributed by atoms with Crippen LogP contribution in [-0.4, -0.2) is 12.7 Å². The van der Waals surface area contributed by atoms with E-state index in [1.165, 1.54) is 0 Å². The molecule has 0 aliphatic heterocycles. The highest BCUT2D eigenvalue weighted by Gasteiger charge is 2.00. The molecule has 0 atom stereocenters. The second-order valence-corrected chi connectivity index (χ2v) is 3.34. The number of aryl methyl sites for hydroxylation is 1. The first kappa shape index (κ1) is 11.7. The van der Waals surface area contributed by atoms with Gasteiger partial charge in [0.05, 0.1) is 12.3 Å². The number of rotatable bonds is 3. The van der Waals surface area contributed by atoms with Crippen LogP contribution in [0.3, 0.4) is 0 Å². The molecule has 0 fully saturated rings. The fourth-order valence-corrected chi connectivity index (χ4v) is 1.14. The van der Waals surface area contributed by atoms with Crippen molar-refractivity contribution in [3.8, 4) is 0 Å². The van der Waals surface area contributed by atoms with E-state index in [4.69, 9.17) is 11.6 Å². The van der Waals surface area contributed by atoms with Crippen LogP contribution in [0.1, 0.15) is 12.5 Å². The average molecular weight is 229 g/mol. The Balaban J connectivity index is 2.51. The van der Waals surface area contributed by atoms with E-state index >= 15 is 0 Å². The minimum atomic E-state index is -0.519. The quantitative estimate of drug-likeness (QED) is 0.783. The van der Waals surface area contributed by atoms with Crippen LogP contribution in [0.2, 0.25) is 5.02 Å². The standard InChI is InChI=1S/C10H13ClN2O2/c1-3-15-10(14)13-12-8-5-4-7(2)9(11)6-8/h4-6,12H,3H2,1-2H3,(H,13,14). The Bertz CT molecular complexity index is 355. The fraction of sp³-hybridized carbons (Fsp3) is 0.300. The summed E-state index contributed by atoms with van der Waals surface area (Å²) in [6, 6.07) is 5.40. The van der Waals surface area contributed by atoms with Crippen LogP contribution in [0, 0.1) is 6.92 Å². The highest BCUT2D eigenvalue weighted by Crippen LogP contribution is 2.19. The van der Waals surface area contributed by atoms with Crippen LogP contribution in [0.5, 0.6) is 0 Å². The monoisotopic (exact) mass is 228 g/mol. The highest BCUT2D eigenvalue weighted by molar-refractivity contribution is 6.31. The summed E-state index contributed by atoms with van der Waals surface area (Å²) >= 11 is 5.91. The van der Waals surface area contributed by atoms with Crippen LogP contribution in [-0.2, 0) is 4.74 Å². The number of anilines is 1. The minimum Gasteiger partial charge on any atom is -0.449 e. The molecule has 0 aliphatic rings. The lowest BCUT2D eigenvalue weighted by Gasteiger charge is -2.09. The number of carbonyl (C=O) groups excluding carboxylic acids is 1. The summed E-state index contributed by atoms with van der Waals surface area (Å²) in [6.45, 7) is 3.98. The van der Waals surface area contributed by atoms with Crippen LogP contribution < -0.4 is 10.9 Å². The number of carbonyl (C=O) groups is 1. The molecule has 0 saturated carbocycles. The van der Waals surface area contributed by atoms with Gasteiger partial charge in [-0.3, -0.25) is 5.43 Å². The number of hydrogen-bond donors (Lipinski definition) is 2. The highest BCUT2D eigenvalue weighted by atomic mass is 35.5. The van der Waals surface area contributed by atoms with E-state index in [0.29, 0.717) is 17.3 Å². The van der Waals surface area contributed by atoms with Crippen molar-refractivity contribution < 1.29 is 9.53 Å². The van der Waals surface area contributed by atoms with E-state index in [-0.39, 0.29) is 0 Å². The van der Waals surface area contributed by atoms with Gasteiger partial charge in [0.15, 0.2) is 0 Å². The van der Waals surface area contributed by atoms with Gasteiger partial charge in [0.25, 0.3) is 0 Å². The summed E-state index contributed by atoms with van der Waals surface area (Å²) in [5, 5.41) is 0.644. The molecule has 1 amide bonds. The van der Waals surface area contributed by atoms with Gasteiger partial charge >= 0.3 is 6.09 Å². The Morgan fingerprint density at radius 3 is 2.87 bits per heavy atom. The normalized spacial score (nSPS) is 9.53. The van der Waals surface area contributed by atoms with Crippen molar-refractivity contribution in [2.45, 2.75) is 13.8 Å². The molecule has 1 rings (SSSR count). The van der Waals surface area contributed by atoms with Crippen LogP contribution in [0.15, 0.2) is 18.2 Å². The van der Waals surface area contributed by atoms with Gasteiger partial charge < -0.3 is 4.74 Å². The van der Waals surface area contributed by atoms with Crippen molar-refractivity contribution in [3.63, 3.8) is 0 Å². The molecule has 0 radical (unpaired) electrons. The Morgan fingerprint density at radius 2 is 2.27 bits per heavy atom. The van der Waals surface area contributed by atoms with E-state index in [9.17, 15) is 4.79 Å². The molecule has 82 valence electrons. The maximum Gasteiger partial charge on any atom is 0.425 e. The Labute approximate surface area is 93.5 Å². The Hall–Kier alpha value is -1.42. The number of nitrogens with one attached hydrogen (secondary N) is 2. The van der Waals surface area contributed by atoms with E-state index < -0.39 is 6.09 Å². The second-order valence-electron chi connectivity index (χ2n) is 2.93. The Kier molecular flexibility index (Phi) is 4.24. The van der Waals surface area contributed by atoms with Crippen molar-refractivity contribution in [1.29, 1.82) is 0 Å². The third kappa shape index (κ3) is 3.67. The molecule has 0 unspecified atom stereocenters. The predicted octanol–water partition coefficient (Wildman–Crippen LogP) is 2.72. The molecule has 0 spiro atoms.